The predicted octanol–water partition coefficient (Wildman–Crippen LogP) is 3.26. The van der Waals surface area contributed by atoms with E-state index in [9.17, 15) is 14.4 Å². The highest BCUT2D eigenvalue weighted by Crippen LogP contribution is 2.28. The topological polar surface area (TPSA) is 84.5 Å². The SMILES string of the molecule is CC(=O)Nc1ccc(C(OC(C)=O)c2ccc(NC(C)=O)cc2)cc1. The Morgan fingerprint density at radius 1 is 0.720 bits per heavy atom. The maximum Gasteiger partial charge on any atom is 0.303 e. The molecule has 2 aromatic carbocycles. The Hall–Kier alpha value is -3.15. The van der Waals surface area contributed by atoms with Gasteiger partial charge in [-0.1, -0.05) is 24.3 Å². The van der Waals surface area contributed by atoms with E-state index in [1.807, 2.05) is 0 Å². The van der Waals surface area contributed by atoms with E-state index in [4.69, 9.17) is 4.74 Å². The molecule has 6 nitrogen and oxygen atoms in total. The summed E-state index contributed by atoms with van der Waals surface area (Å²) in [6, 6.07) is 14.2. The number of ether oxygens (including phenoxy) is 1. The molecule has 6 heteroatoms. The quantitative estimate of drug-likeness (QED) is 0.818. The summed E-state index contributed by atoms with van der Waals surface area (Å²) in [5.41, 5.74) is 2.88. The third-order valence-corrected chi connectivity index (χ3v) is 3.35. The van der Waals surface area contributed by atoms with Gasteiger partial charge in [0.25, 0.3) is 0 Å². The van der Waals surface area contributed by atoms with Gasteiger partial charge in [-0.15, -0.1) is 0 Å². The van der Waals surface area contributed by atoms with Crippen molar-refractivity contribution in [3.63, 3.8) is 0 Å². The Kier molecular flexibility index (Phi) is 5.89. The minimum atomic E-state index is -0.574. The van der Waals surface area contributed by atoms with Crippen LogP contribution in [0.1, 0.15) is 38.0 Å². The molecule has 0 fully saturated rings. The van der Waals surface area contributed by atoms with E-state index in [0.717, 1.165) is 11.1 Å². The van der Waals surface area contributed by atoms with Gasteiger partial charge in [0.05, 0.1) is 0 Å². The largest absolute Gasteiger partial charge is 0.453 e. The van der Waals surface area contributed by atoms with Crippen LogP contribution in [0.25, 0.3) is 0 Å². The van der Waals surface area contributed by atoms with Crippen molar-refractivity contribution in [2.75, 3.05) is 10.6 Å². The summed E-state index contributed by atoms with van der Waals surface area (Å²) in [6.45, 7) is 4.22. The third-order valence-electron chi connectivity index (χ3n) is 3.35. The van der Waals surface area contributed by atoms with Crippen LogP contribution in [-0.4, -0.2) is 17.8 Å². The van der Waals surface area contributed by atoms with Crippen molar-refractivity contribution in [2.24, 2.45) is 0 Å². The van der Waals surface area contributed by atoms with Gasteiger partial charge in [-0.05, 0) is 35.4 Å². The molecule has 0 radical (unpaired) electrons. The first-order valence-electron chi connectivity index (χ1n) is 7.77. The summed E-state index contributed by atoms with van der Waals surface area (Å²) in [5.74, 6) is -0.711. The van der Waals surface area contributed by atoms with E-state index in [1.54, 1.807) is 48.5 Å². The Labute approximate surface area is 146 Å². The fraction of sp³-hybridized carbons (Fsp3) is 0.211. The lowest BCUT2D eigenvalue weighted by molar-refractivity contribution is -0.144. The standard InChI is InChI=1S/C19H20N2O4/c1-12(22)20-17-8-4-15(5-9-17)19(25-14(3)24)16-6-10-18(11-7-16)21-13(2)23/h4-11,19H,1-3H3,(H,20,22)(H,21,23). The summed E-state index contributed by atoms with van der Waals surface area (Å²) in [5, 5.41) is 5.38. The number of nitrogens with one attached hydrogen (secondary N) is 2. The van der Waals surface area contributed by atoms with E-state index in [1.165, 1.54) is 20.8 Å². The van der Waals surface area contributed by atoms with Gasteiger partial charge in [0.2, 0.25) is 11.8 Å². The Balaban J connectivity index is 2.27. The molecule has 25 heavy (non-hydrogen) atoms. The van der Waals surface area contributed by atoms with Gasteiger partial charge >= 0.3 is 5.97 Å². The van der Waals surface area contributed by atoms with Crippen LogP contribution >= 0.6 is 0 Å². The fourth-order valence-electron chi connectivity index (χ4n) is 2.38. The number of hydrogen-bond donors (Lipinski definition) is 2. The number of esters is 1. The first-order valence-corrected chi connectivity index (χ1v) is 7.77. The van der Waals surface area contributed by atoms with Crippen LogP contribution in [0.15, 0.2) is 48.5 Å². The Morgan fingerprint density at radius 2 is 1.08 bits per heavy atom. The van der Waals surface area contributed by atoms with Gasteiger partial charge in [-0.3, -0.25) is 14.4 Å². The zero-order chi connectivity index (χ0) is 18.4. The number of rotatable bonds is 5. The van der Waals surface area contributed by atoms with Crippen molar-refractivity contribution >= 4 is 29.2 Å². The lowest BCUT2D eigenvalue weighted by atomic mass is 10.0. The number of anilines is 2. The molecule has 2 rings (SSSR count). The fourth-order valence-corrected chi connectivity index (χ4v) is 2.38. The van der Waals surface area contributed by atoms with Gasteiger partial charge in [-0.25, -0.2) is 0 Å². The third kappa shape index (κ3) is 5.46. The minimum Gasteiger partial charge on any atom is -0.453 e. The maximum atomic E-state index is 11.5. The molecule has 0 unspecified atom stereocenters. The molecule has 0 aliphatic rings. The van der Waals surface area contributed by atoms with E-state index < -0.39 is 12.1 Å². The van der Waals surface area contributed by atoms with Gasteiger partial charge < -0.3 is 15.4 Å². The zero-order valence-electron chi connectivity index (χ0n) is 14.3. The highest BCUT2D eigenvalue weighted by molar-refractivity contribution is 5.89. The highest BCUT2D eigenvalue weighted by Gasteiger charge is 2.17. The van der Waals surface area contributed by atoms with E-state index >= 15 is 0 Å². The van der Waals surface area contributed by atoms with Gasteiger partial charge in [-0.2, -0.15) is 0 Å². The summed E-state index contributed by atoms with van der Waals surface area (Å²) in [6.07, 6.45) is -0.574. The highest BCUT2D eigenvalue weighted by atomic mass is 16.5. The minimum absolute atomic E-state index is 0.155. The lowest BCUT2D eigenvalue weighted by Gasteiger charge is -2.19. The Morgan fingerprint density at radius 3 is 1.36 bits per heavy atom. The summed E-state index contributed by atoms with van der Waals surface area (Å²) in [4.78, 5) is 33.7. The normalized spacial score (nSPS) is 10.2. The second-order valence-electron chi connectivity index (χ2n) is 5.60. The van der Waals surface area contributed by atoms with E-state index in [-0.39, 0.29) is 11.8 Å². The van der Waals surface area contributed by atoms with Crippen molar-refractivity contribution in [1.29, 1.82) is 0 Å². The van der Waals surface area contributed by atoms with Crippen LogP contribution in [0, 0.1) is 0 Å². The number of carbonyl (C=O) groups is 3. The number of hydrogen-bond acceptors (Lipinski definition) is 4. The number of amides is 2. The maximum absolute atomic E-state index is 11.5. The molecule has 0 aliphatic heterocycles. The van der Waals surface area contributed by atoms with E-state index in [0.29, 0.717) is 11.4 Å². The summed E-state index contributed by atoms with van der Waals surface area (Å²) < 4.78 is 5.45. The van der Waals surface area contributed by atoms with Crippen LogP contribution in [0.2, 0.25) is 0 Å². The van der Waals surface area contributed by atoms with Crippen molar-refractivity contribution in [2.45, 2.75) is 26.9 Å². The molecule has 2 aromatic rings. The molecular formula is C19H20N2O4. The second kappa shape index (κ2) is 8.10. The van der Waals surface area contributed by atoms with Crippen molar-refractivity contribution in [3.8, 4) is 0 Å². The smallest absolute Gasteiger partial charge is 0.303 e. The van der Waals surface area contributed by atoms with Crippen molar-refractivity contribution < 1.29 is 19.1 Å². The number of carbonyl (C=O) groups excluding carboxylic acids is 3. The average molecular weight is 340 g/mol. The molecule has 2 N–H and O–H groups in total. The molecule has 0 atom stereocenters. The molecule has 130 valence electrons. The molecule has 0 aromatic heterocycles. The van der Waals surface area contributed by atoms with Crippen LogP contribution in [-0.2, 0) is 19.1 Å². The van der Waals surface area contributed by atoms with Crippen LogP contribution in [0.3, 0.4) is 0 Å². The monoisotopic (exact) mass is 340 g/mol. The van der Waals surface area contributed by atoms with Gasteiger partial charge in [0.1, 0.15) is 0 Å². The molecular weight excluding hydrogens is 320 g/mol. The summed E-state index contributed by atoms with van der Waals surface area (Å²) >= 11 is 0. The molecule has 0 heterocycles. The molecule has 0 saturated heterocycles. The Bertz CT molecular complexity index is 708. The molecule has 0 saturated carbocycles. The second-order valence-corrected chi connectivity index (χ2v) is 5.60. The first-order chi connectivity index (χ1) is 11.8. The molecule has 0 bridgehead atoms. The zero-order valence-corrected chi connectivity index (χ0v) is 14.3. The molecule has 0 aliphatic carbocycles. The van der Waals surface area contributed by atoms with Gasteiger partial charge in [0, 0.05) is 32.1 Å². The van der Waals surface area contributed by atoms with Crippen molar-refractivity contribution in [3.05, 3.63) is 59.7 Å². The van der Waals surface area contributed by atoms with Gasteiger partial charge in [0.15, 0.2) is 6.10 Å². The lowest BCUT2D eigenvalue weighted by Crippen LogP contribution is -2.11. The van der Waals surface area contributed by atoms with Crippen LogP contribution in [0.5, 0.6) is 0 Å². The van der Waals surface area contributed by atoms with Crippen LogP contribution < -0.4 is 10.6 Å². The number of benzene rings is 2. The van der Waals surface area contributed by atoms with E-state index in [2.05, 4.69) is 10.6 Å². The molecule has 0 spiro atoms. The first kappa shape index (κ1) is 18.2. The average Bonchev–Trinajstić information content (AvgIpc) is 2.53. The summed E-state index contributed by atoms with van der Waals surface area (Å²) in [7, 11) is 0. The predicted molar refractivity (Wildman–Crippen MR) is 95.1 cm³/mol. The molecule has 2 amide bonds. The van der Waals surface area contributed by atoms with Crippen molar-refractivity contribution in [1.82, 2.24) is 0 Å². The van der Waals surface area contributed by atoms with Crippen LogP contribution in [0.4, 0.5) is 11.4 Å².